The summed E-state index contributed by atoms with van der Waals surface area (Å²) in [6, 6.07) is 13.5. The zero-order valence-electron chi connectivity index (χ0n) is 10.9. The highest BCUT2D eigenvalue weighted by molar-refractivity contribution is 5.86. The molecule has 1 aromatic heterocycles. The van der Waals surface area contributed by atoms with Gasteiger partial charge in [0, 0.05) is 11.1 Å². The van der Waals surface area contributed by atoms with Crippen LogP contribution in [0.4, 0.5) is 18.9 Å². The molecule has 5 heteroatoms. The molecule has 4 rings (SSSR count). The number of halogens is 3. The highest BCUT2D eigenvalue weighted by Crippen LogP contribution is 2.37. The van der Waals surface area contributed by atoms with E-state index in [1.807, 2.05) is 34.9 Å². The number of rotatable bonds is 0. The third kappa shape index (κ3) is 1.81. The summed E-state index contributed by atoms with van der Waals surface area (Å²) in [5.74, 6) is 0. The van der Waals surface area contributed by atoms with Crippen molar-refractivity contribution in [1.29, 1.82) is 0 Å². The Hall–Kier alpha value is -2.43. The average Bonchev–Trinajstić information content (AvgIpc) is 2.84. The fraction of sp³-hybridized carbons (Fsp3) is 0.125. The molecule has 1 aliphatic heterocycles. The van der Waals surface area contributed by atoms with Gasteiger partial charge in [-0.1, -0.05) is 18.2 Å². The summed E-state index contributed by atoms with van der Waals surface area (Å²) in [7, 11) is 0. The maximum Gasteiger partial charge on any atom is 0.416 e. The average molecular weight is 288 g/mol. The van der Waals surface area contributed by atoms with Gasteiger partial charge < -0.3 is 9.88 Å². The topological polar surface area (TPSA) is 17.0 Å². The Morgan fingerprint density at radius 3 is 2.62 bits per heavy atom. The summed E-state index contributed by atoms with van der Waals surface area (Å²) in [5.41, 5.74) is 2.52. The quantitative estimate of drug-likeness (QED) is 0.641. The van der Waals surface area contributed by atoms with E-state index in [9.17, 15) is 13.2 Å². The predicted octanol–water partition coefficient (Wildman–Crippen LogP) is 4.57. The van der Waals surface area contributed by atoms with Crippen LogP contribution in [-0.2, 0) is 12.7 Å². The third-order valence-corrected chi connectivity index (χ3v) is 3.81. The number of hydrogen-bond acceptors (Lipinski definition) is 1. The molecule has 1 N–H and O–H groups in total. The van der Waals surface area contributed by atoms with Gasteiger partial charge in [-0.05, 0) is 30.3 Å². The van der Waals surface area contributed by atoms with Crippen LogP contribution in [0.1, 0.15) is 11.3 Å². The fourth-order valence-corrected chi connectivity index (χ4v) is 2.85. The first-order chi connectivity index (χ1) is 10.0. The summed E-state index contributed by atoms with van der Waals surface area (Å²) in [4.78, 5) is 0. The number of anilines is 1. The second-order valence-corrected chi connectivity index (χ2v) is 5.11. The largest absolute Gasteiger partial charge is 0.416 e. The van der Waals surface area contributed by atoms with Crippen molar-refractivity contribution in [1.82, 2.24) is 4.57 Å². The number of benzene rings is 2. The molecule has 2 aromatic carbocycles. The van der Waals surface area contributed by atoms with Crippen molar-refractivity contribution in [3.05, 3.63) is 59.8 Å². The first kappa shape index (κ1) is 12.3. The lowest BCUT2D eigenvalue weighted by Gasteiger charge is -2.23. The molecule has 3 aromatic rings. The first-order valence-electron chi connectivity index (χ1n) is 6.59. The molecule has 0 atom stereocenters. The number of aromatic nitrogens is 1. The van der Waals surface area contributed by atoms with E-state index in [1.165, 1.54) is 12.1 Å². The predicted molar refractivity (Wildman–Crippen MR) is 75.6 cm³/mol. The normalized spacial score (nSPS) is 13.7. The zero-order valence-corrected chi connectivity index (χ0v) is 10.9. The molecule has 21 heavy (non-hydrogen) atoms. The van der Waals surface area contributed by atoms with Gasteiger partial charge >= 0.3 is 6.18 Å². The van der Waals surface area contributed by atoms with Gasteiger partial charge in [-0.3, -0.25) is 0 Å². The lowest BCUT2D eigenvalue weighted by Crippen LogP contribution is -2.16. The van der Waals surface area contributed by atoms with Crippen LogP contribution in [-0.4, -0.2) is 4.57 Å². The molecule has 2 heterocycles. The van der Waals surface area contributed by atoms with Gasteiger partial charge in [-0.25, -0.2) is 0 Å². The minimum atomic E-state index is -4.34. The van der Waals surface area contributed by atoms with E-state index in [0.717, 1.165) is 28.4 Å². The third-order valence-electron chi connectivity index (χ3n) is 3.81. The Labute approximate surface area is 118 Å². The maximum atomic E-state index is 12.9. The van der Waals surface area contributed by atoms with E-state index in [0.29, 0.717) is 12.2 Å². The SMILES string of the molecule is FC(F)(F)c1ccc2c(c1)-n1c(cc3ccccc31)CN2. The van der Waals surface area contributed by atoms with Crippen molar-refractivity contribution in [2.45, 2.75) is 12.7 Å². The van der Waals surface area contributed by atoms with Crippen molar-refractivity contribution >= 4 is 16.6 Å². The molecule has 0 aliphatic carbocycles. The van der Waals surface area contributed by atoms with Crippen LogP contribution < -0.4 is 5.32 Å². The van der Waals surface area contributed by atoms with E-state index < -0.39 is 11.7 Å². The summed E-state index contributed by atoms with van der Waals surface area (Å²) in [6.07, 6.45) is -4.34. The van der Waals surface area contributed by atoms with Gasteiger partial charge in [0.05, 0.1) is 29.0 Å². The van der Waals surface area contributed by atoms with Crippen LogP contribution in [0, 0.1) is 0 Å². The Bertz CT molecular complexity index is 846. The van der Waals surface area contributed by atoms with E-state index in [2.05, 4.69) is 5.32 Å². The molecule has 0 radical (unpaired) electrons. The molecule has 0 bridgehead atoms. The van der Waals surface area contributed by atoms with Gasteiger partial charge in [-0.15, -0.1) is 0 Å². The Balaban J connectivity index is 2.02. The van der Waals surface area contributed by atoms with Crippen LogP contribution in [0.15, 0.2) is 48.5 Å². The van der Waals surface area contributed by atoms with Crippen molar-refractivity contribution in [3.63, 3.8) is 0 Å². The van der Waals surface area contributed by atoms with Crippen molar-refractivity contribution in [2.24, 2.45) is 0 Å². The first-order valence-corrected chi connectivity index (χ1v) is 6.59. The van der Waals surface area contributed by atoms with Gasteiger partial charge in [0.2, 0.25) is 0 Å². The second kappa shape index (κ2) is 4.04. The maximum absolute atomic E-state index is 12.9. The Morgan fingerprint density at radius 1 is 1.00 bits per heavy atom. The number of alkyl halides is 3. The van der Waals surface area contributed by atoms with Gasteiger partial charge in [0.25, 0.3) is 0 Å². The Kier molecular flexibility index (Phi) is 2.37. The van der Waals surface area contributed by atoms with Crippen molar-refractivity contribution < 1.29 is 13.2 Å². The molecule has 0 fully saturated rings. The fourth-order valence-electron chi connectivity index (χ4n) is 2.85. The molecule has 0 saturated heterocycles. The molecule has 2 nitrogen and oxygen atoms in total. The van der Waals surface area contributed by atoms with Crippen LogP contribution in [0.3, 0.4) is 0 Å². The molecule has 0 amide bonds. The van der Waals surface area contributed by atoms with Gasteiger partial charge in [-0.2, -0.15) is 13.2 Å². The summed E-state index contributed by atoms with van der Waals surface area (Å²) >= 11 is 0. The minimum Gasteiger partial charge on any atom is -0.378 e. The van der Waals surface area contributed by atoms with Crippen molar-refractivity contribution in [3.8, 4) is 5.69 Å². The smallest absolute Gasteiger partial charge is 0.378 e. The van der Waals surface area contributed by atoms with Gasteiger partial charge in [0.1, 0.15) is 0 Å². The lowest BCUT2D eigenvalue weighted by molar-refractivity contribution is -0.137. The standard InChI is InChI=1S/C16H11F3N2/c17-16(18,19)11-5-6-13-15(8-11)21-12(9-20-13)7-10-3-1-2-4-14(10)21/h1-8,20H,9H2. The van der Waals surface area contributed by atoms with E-state index >= 15 is 0 Å². The zero-order chi connectivity index (χ0) is 14.6. The molecular formula is C16H11F3N2. The summed E-state index contributed by atoms with van der Waals surface area (Å²) in [6.45, 7) is 0.604. The number of fused-ring (bicyclic) bond motifs is 5. The number of para-hydroxylation sites is 1. The number of hydrogen-bond donors (Lipinski definition) is 1. The summed E-state index contributed by atoms with van der Waals surface area (Å²) < 4.78 is 40.7. The molecule has 1 aliphatic rings. The molecule has 106 valence electrons. The summed E-state index contributed by atoms with van der Waals surface area (Å²) in [5, 5.41) is 4.20. The van der Waals surface area contributed by atoms with Crippen LogP contribution >= 0.6 is 0 Å². The van der Waals surface area contributed by atoms with Crippen LogP contribution in [0.2, 0.25) is 0 Å². The van der Waals surface area contributed by atoms with Crippen LogP contribution in [0.25, 0.3) is 16.6 Å². The lowest BCUT2D eigenvalue weighted by atomic mass is 10.1. The molecule has 0 spiro atoms. The van der Waals surface area contributed by atoms with Crippen molar-refractivity contribution in [2.75, 3.05) is 5.32 Å². The van der Waals surface area contributed by atoms with Crippen LogP contribution in [0.5, 0.6) is 0 Å². The monoisotopic (exact) mass is 288 g/mol. The van der Waals surface area contributed by atoms with E-state index in [4.69, 9.17) is 0 Å². The Morgan fingerprint density at radius 2 is 1.81 bits per heavy atom. The van der Waals surface area contributed by atoms with E-state index in [-0.39, 0.29) is 0 Å². The molecular weight excluding hydrogens is 277 g/mol. The highest BCUT2D eigenvalue weighted by atomic mass is 19.4. The molecule has 0 saturated carbocycles. The second-order valence-electron chi connectivity index (χ2n) is 5.11. The molecule has 0 unspecified atom stereocenters. The number of nitrogens with zero attached hydrogens (tertiary/aromatic N) is 1. The number of nitrogens with one attached hydrogen (secondary N) is 1. The van der Waals surface area contributed by atoms with E-state index in [1.54, 1.807) is 0 Å². The highest BCUT2D eigenvalue weighted by Gasteiger charge is 2.32. The van der Waals surface area contributed by atoms with Gasteiger partial charge in [0.15, 0.2) is 0 Å². The minimum absolute atomic E-state index is 0.548.